The van der Waals surface area contributed by atoms with Crippen LogP contribution in [0.5, 0.6) is 0 Å². The molecule has 1 aliphatic heterocycles. The van der Waals surface area contributed by atoms with Crippen LogP contribution in [0.1, 0.15) is 24.0 Å². The number of guanidine groups is 1. The van der Waals surface area contributed by atoms with E-state index in [0.29, 0.717) is 19.6 Å². The fourth-order valence-electron chi connectivity index (χ4n) is 3.10. The lowest BCUT2D eigenvalue weighted by Crippen LogP contribution is -2.55. The summed E-state index contributed by atoms with van der Waals surface area (Å²) in [4.78, 5) is 21.1. The number of amides is 1. The second kappa shape index (κ2) is 9.25. The Morgan fingerprint density at radius 3 is 2.70 bits per heavy atom. The molecule has 0 bridgehead atoms. The number of aromatic nitrogens is 2. The number of nitrogens with zero attached hydrogens (tertiary/aromatic N) is 5. The number of anilines is 1. The van der Waals surface area contributed by atoms with Crippen molar-refractivity contribution >= 4 is 41.5 Å². The van der Waals surface area contributed by atoms with Gasteiger partial charge in [0, 0.05) is 38.4 Å². The maximum absolute atomic E-state index is 12.6. The van der Waals surface area contributed by atoms with Crippen molar-refractivity contribution in [2.24, 2.45) is 12.0 Å². The van der Waals surface area contributed by atoms with Gasteiger partial charge in [0.25, 0.3) is 0 Å². The molecule has 8 nitrogen and oxygen atoms in total. The van der Waals surface area contributed by atoms with Gasteiger partial charge in [-0.2, -0.15) is 5.10 Å². The van der Waals surface area contributed by atoms with Crippen LogP contribution in [0.2, 0.25) is 0 Å². The predicted molar refractivity (Wildman–Crippen MR) is 116 cm³/mol. The summed E-state index contributed by atoms with van der Waals surface area (Å²) in [7, 11) is 1.85. The molecule has 0 radical (unpaired) electrons. The number of carbonyl (C=O) groups is 1. The molecule has 0 aromatic carbocycles. The highest BCUT2D eigenvalue weighted by Crippen LogP contribution is 2.17. The first-order valence-electron chi connectivity index (χ1n) is 8.86. The van der Waals surface area contributed by atoms with E-state index >= 15 is 0 Å². The molecule has 1 aliphatic rings. The summed E-state index contributed by atoms with van der Waals surface area (Å²) in [6, 6.07) is 2.01. The Hall–Kier alpha value is -2.04. The van der Waals surface area contributed by atoms with Crippen LogP contribution in [0.4, 0.5) is 5.69 Å². The van der Waals surface area contributed by atoms with Gasteiger partial charge in [0.1, 0.15) is 18.1 Å². The van der Waals surface area contributed by atoms with Gasteiger partial charge in [0.15, 0.2) is 5.96 Å². The first kappa shape index (κ1) is 21.3. The van der Waals surface area contributed by atoms with Gasteiger partial charge in [0.2, 0.25) is 5.91 Å². The summed E-state index contributed by atoms with van der Waals surface area (Å²) in [5.74, 6) is 2.58. The second-order valence-electron chi connectivity index (χ2n) is 6.45. The zero-order valence-corrected chi connectivity index (χ0v) is 18.6. The van der Waals surface area contributed by atoms with Crippen LogP contribution in [-0.2, 0) is 18.4 Å². The normalized spacial score (nSPS) is 15.1. The van der Waals surface area contributed by atoms with E-state index in [1.54, 1.807) is 15.8 Å². The molecule has 0 unspecified atom stereocenters. The van der Waals surface area contributed by atoms with E-state index in [9.17, 15) is 4.79 Å². The van der Waals surface area contributed by atoms with Crippen molar-refractivity contribution in [2.75, 3.05) is 31.1 Å². The van der Waals surface area contributed by atoms with Crippen LogP contribution in [0.3, 0.4) is 0 Å². The molecule has 1 N–H and O–H groups in total. The monoisotopic (exact) mass is 486 g/mol. The summed E-state index contributed by atoms with van der Waals surface area (Å²) < 4.78 is 7.27. The smallest absolute Gasteiger partial charge is 0.246 e. The maximum Gasteiger partial charge on any atom is 0.246 e. The number of nitrogens with one attached hydrogen (secondary N) is 1. The summed E-state index contributed by atoms with van der Waals surface area (Å²) in [6.45, 7) is 8.81. The van der Waals surface area contributed by atoms with E-state index < -0.39 is 0 Å². The zero-order chi connectivity index (χ0) is 18.7. The Kier molecular flexibility index (Phi) is 7.28. The maximum atomic E-state index is 12.6. The fourth-order valence-corrected chi connectivity index (χ4v) is 3.10. The Bertz CT molecular complexity index is 813. The van der Waals surface area contributed by atoms with E-state index in [4.69, 9.17) is 9.41 Å². The Morgan fingerprint density at radius 1 is 1.37 bits per heavy atom. The lowest BCUT2D eigenvalue weighted by atomic mass is 10.2. The van der Waals surface area contributed by atoms with Gasteiger partial charge in [-0.3, -0.25) is 9.48 Å². The Balaban J connectivity index is 0.00000261. The molecule has 27 heavy (non-hydrogen) atoms. The number of rotatable bonds is 4. The number of hydrogen-bond acceptors (Lipinski definition) is 4. The summed E-state index contributed by atoms with van der Waals surface area (Å²) >= 11 is 0. The van der Waals surface area contributed by atoms with Gasteiger partial charge in [-0.25, -0.2) is 4.99 Å². The number of piperazine rings is 1. The minimum Gasteiger partial charge on any atom is -0.466 e. The number of hydrogen-bond donors (Lipinski definition) is 1. The van der Waals surface area contributed by atoms with Crippen molar-refractivity contribution in [1.29, 1.82) is 0 Å². The number of furan rings is 1. The third kappa shape index (κ3) is 5.02. The standard InChI is InChI=1S/C18H26N6O2.HI/c1-5-19-18(20-9-15-8-13(2)26-14(15)3)23-6-7-24(17(25)12-23)16-10-21-22(4)11-16;/h8,10-11H,5-7,9,12H2,1-4H3,(H,19,20);1H. The Morgan fingerprint density at radius 2 is 2.15 bits per heavy atom. The number of aryl methyl sites for hydroxylation is 3. The van der Waals surface area contributed by atoms with Crippen LogP contribution >= 0.6 is 24.0 Å². The highest BCUT2D eigenvalue weighted by molar-refractivity contribution is 14.0. The van der Waals surface area contributed by atoms with Gasteiger partial charge >= 0.3 is 0 Å². The summed E-state index contributed by atoms with van der Waals surface area (Å²) in [5.41, 5.74) is 1.90. The van der Waals surface area contributed by atoms with Crippen molar-refractivity contribution in [1.82, 2.24) is 20.0 Å². The van der Waals surface area contributed by atoms with Crippen molar-refractivity contribution in [3.8, 4) is 0 Å². The first-order valence-corrected chi connectivity index (χ1v) is 8.86. The van der Waals surface area contributed by atoms with E-state index in [1.807, 2.05) is 45.0 Å². The molecule has 148 valence electrons. The highest BCUT2D eigenvalue weighted by Gasteiger charge is 2.27. The zero-order valence-electron chi connectivity index (χ0n) is 16.2. The van der Waals surface area contributed by atoms with E-state index in [2.05, 4.69) is 10.4 Å². The van der Waals surface area contributed by atoms with Gasteiger partial charge in [-0.05, 0) is 26.8 Å². The molecule has 3 rings (SSSR count). The number of aliphatic imine (C=N–C) groups is 1. The molecule has 2 aromatic heterocycles. The fraction of sp³-hybridized carbons (Fsp3) is 0.500. The second-order valence-corrected chi connectivity index (χ2v) is 6.45. The largest absolute Gasteiger partial charge is 0.466 e. The first-order chi connectivity index (χ1) is 12.5. The molecule has 0 aliphatic carbocycles. The molecule has 1 fully saturated rings. The number of carbonyl (C=O) groups excluding carboxylic acids is 1. The SMILES string of the molecule is CCNC(=NCc1cc(C)oc1C)N1CCN(c2cnn(C)c2)C(=O)C1.I. The lowest BCUT2D eigenvalue weighted by molar-refractivity contribution is -0.120. The molecular weight excluding hydrogens is 459 g/mol. The third-order valence-corrected chi connectivity index (χ3v) is 4.40. The van der Waals surface area contributed by atoms with Crippen LogP contribution < -0.4 is 10.2 Å². The molecule has 1 saturated heterocycles. The lowest BCUT2D eigenvalue weighted by Gasteiger charge is -2.35. The highest BCUT2D eigenvalue weighted by atomic mass is 127. The van der Waals surface area contributed by atoms with Crippen LogP contribution in [0.15, 0.2) is 27.9 Å². The number of halogens is 1. The van der Waals surface area contributed by atoms with Gasteiger partial charge in [0.05, 0.1) is 18.4 Å². The molecule has 0 saturated carbocycles. The average Bonchev–Trinajstić information content (AvgIpc) is 3.16. The minimum absolute atomic E-state index is 0. The van der Waals surface area contributed by atoms with Crippen LogP contribution in [0.25, 0.3) is 0 Å². The van der Waals surface area contributed by atoms with Gasteiger partial charge in [-0.15, -0.1) is 24.0 Å². The van der Waals surface area contributed by atoms with Crippen molar-refractivity contribution in [2.45, 2.75) is 27.3 Å². The van der Waals surface area contributed by atoms with Crippen LogP contribution in [0, 0.1) is 13.8 Å². The third-order valence-electron chi connectivity index (χ3n) is 4.40. The quantitative estimate of drug-likeness (QED) is 0.407. The molecule has 0 spiro atoms. The topological polar surface area (TPSA) is 78.9 Å². The summed E-state index contributed by atoms with van der Waals surface area (Å²) in [5, 5.41) is 7.43. The van der Waals surface area contributed by atoms with Gasteiger partial charge in [-0.1, -0.05) is 0 Å². The summed E-state index contributed by atoms with van der Waals surface area (Å²) in [6.07, 6.45) is 3.58. The van der Waals surface area contributed by atoms with E-state index in [-0.39, 0.29) is 29.9 Å². The molecular formula is C18H27IN6O2. The molecule has 3 heterocycles. The molecule has 1 amide bonds. The molecule has 9 heteroatoms. The predicted octanol–water partition coefficient (Wildman–Crippen LogP) is 2.06. The van der Waals surface area contributed by atoms with Gasteiger partial charge < -0.3 is 19.5 Å². The van der Waals surface area contributed by atoms with E-state index in [1.165, 1.54) is 0 Å². The van der Waals surface area contributed by atoms with Crippen molar-refractivity contribution in [3.05, 3.63) is 35.5 Å². The van der Waals surface area contributed by atoms with E-state index in [0.717, 1.165) is 41.8 Å². The van der Waals surface area contributed by atoms with Crippen molar-refractivity contribution < 1.29 is 9.21 Å². The Labute approximate surface area is 176 Å². The minimum atomic E-state index is 0. The average molecular weight is 486 g/mol. The molecule has 2 aromatic rings. The van der Waals surface area contributed by atoms with Crippen molar-refractivity contribution in [3.63, 3.8) is 0 Å². The van der Waals surface area contributed by atoms with Crippen LogP contribution in [-0.4, -0.2) is 52.7 Å². The molecule has 0 atom stereocenters.